The van der Waals surface area contributed by atoms with Gasteiger partial charge in [0.2, 0.25) is 5.79 Å². The van der Waals surface area contributed by atoms with Crippen molar-refractivity contribution in [3.63, 3.8) is 0 Å². The third-order valence-corrected chi connectivity index (χ3v) is 5.78. The van der Waals surface area contributed by atoms with E-state index in [0.717, 1.165) is 16.8 Å². The third-order valence-electron chi connectivity index (χ3n) is 5.78. The Morgan fingerprint density at radius 1 is 1.26 bits per heavy atom. The Labute approximate surface area is 202 Å². The zero-order valence-electron chi connectivity index (χ0n) is 20.3. The molecule has 11 heteroatoms. The number of nitrogens with zero attached hydrogens (tertiary/aromatic N) is 4. The highest BCUT2D eigenvalue weighted by atomic mass is 19.3. The minimum atomic E-state index is -3.04. The van der Waals surface area contributed by atoms with E-state index in [-0.39, 0.29) is 11.3 Å². The number of rotatable bonds is 8. The van der Waals surface area contributed by atoms with E-state index in [1.54, 1.807) is 49.6 Å². The van der Waals surface area contributed by atoms with Crippen LogP contribution >= 0.6 is 0 Å². The number of pyridine rings is 1. The lowest BCUT2D eigenvalue weighted by atomic mass is 9.99. The summed E-state index contributed by atoms with van der Waals surface area (Å²) in [6, 6.07) is 6.76. The molecule has 1 aliphatic heterocycles. The number of alkyl halides is 2. The molecule has 35 heavy (non-hydrogen) atoms. The van der Waals surface area contributed by atoms with Gasteiger partial charge in [-0.1, -0.05) is 6.07 Å². The van der Waals surface area contributed by atoms with Crippen LogP contribution in [0.1, 0.15) is 30.7 Å². The number of aromatic nitrogens is 3. The monoisotopic (exact) mass is 485 g/mol. The SMILES string of the molecule is COC(C)(C)CNc1nc(C)cc2c1NC(N)(c1ccc(-c3cnn(C)c3)cc1OC(F)F)N=C2. The molecule has 2 aromatic heterocycles. The van der Waals surface area contributed by atoms with Gasteiger partial charge in [0.1, 0.15) is 5.75 Å². The number of anilines is 2. The lowest BCUT2D eigenvalue weighted by molar-refractivity contribution is -0.0508. The predicted molar refractivity (Wildman–Crippen MR) is 131 cm³/mol. The van der Waals surface area contributed by atoms with Gasteiger partial charge in [0.05, 0.1) is 23.0 Å². The molecule has 9 nitrogen and oxygen atoms in total. The van der Waals surface area contributed by atoms with Gasteiger partial charge in [0.25, 0.3) is 0 Å². The van der Waals surface area contributed by atoms with Crippen molar-refractivity contribution in [2.24, 2.45) is 17.8 Å². The zero-order chi connectivity index (χ0) is 25.4. The molecule has 0 bridgehead atoms. The lowest BCUT2D eigenvalue weighted by Crippen LogP contribution is -2.45. The summed E-state index contributed by atoms with van der Waals surface area (Å²) in [5.74, 6) is -1.11. The van der Waals surface area contributed by atoms with E-state index >= 15 is 0 Å². The molecule has 0 spiro atoms. The van der Waals surface area contributed by atoms with Crippen LogP contribution in [0.5, 0.6) is 5.75 Å². The number of fused-ring (bicyclic) bond motifs is 1. The maximum Gasteiger partial charge on any atom is 0.387 e. The number of nitrogens with one attached hydrogen (secondary N) is 2. The zero-order valence-corrected chi connectivity index (χ0v) is 20.3. The number of hydrogen-bond donors (Lipinski definition) is 3. The Hall–Kier alpha value is -3.57. The quantitative estimate of drug-likeness (QED) is 0.444. The average molecular weight is 486 g/mol. The summed E-state index contributed by atoms with van der Waals surface area (Å²) in [6.07, 6.45) is 5.02. The lowest BCUT2D eigenvalue weighted by Gasteiger charge is -2.34. The van der Waals surface area contributed by atoms with Crippen molar-refractivity contribution in [2.75, 3.05) is 24.3 Å². The van der Waals surface area contributed by atoms with Gasteiger partial charge in [-0.25, -0.2) is 9.98 Å². The van der Waals surface area contributed by atoms with E-state index in [1.165, 1.54) is 6.07 Å². The maximum absolute atomic E-state index is 13.4. The second kappa shape index (κ2) is 9.23. The number of hydrogen-bond acceptors (Lipinski definition) is 8. The highest BCUT2D eigenvalue weighted by molar-refractivity contribution is 5.94. The topological polar surface area (TPSA) is 112 Å². The van der Waals surface area contributed by atoms with E-state index in [4.69, 9.17) is 15.2 Å². The van der Waals surface area contributed by atoms with Crippen molar-refractivity contribution in [3.8, 4) is 16.9 Å². The summed E-state index contributed by atoms with van der Waals surface area (Å²) in [4.78, 5) is 9.08. The molecule has 4 rings (SSSR count). The van der Waals surface area contributed by atoms with Crippen molar-refractivity contribution in [1.29, 1.82) is 0 Å². The molecule has 1 aliphatic rings. The van der Waals surface area contributed by atoms with E-state index in [1.807, 2.05) is 26.8 Å². The van der Waals surface area contributed by atoms with Crippen molar-refractivity contribution >= 4 is 17.7 Å². The van der Waals surface area contributed by atoms with Crippen molar-refractivity contribution in [3.05, 3.63) is 53.5 Å². The number of aryl methyl sites for hydroxylation is 2. The normalized spacial score (nSPS) is 17.3. The summed E-state index contributed by atoms with van der Waals surface area (Å²) < 4.78 is 38.7. The Morgan fingerprint density at radius 2 is 2.03 bits per heavy atom. The summed E-state index contributed by atoms with van der Waals surface area (Å²) >= 11 is 0. The predicted octanol–water partition coefficient (Wildman–Crippen LogP) is 3.84. The number of halogens is 2. The Kier molecular flexibility index (Phi) is 6.48. The Balaban J connectivity index is 1.73. The minimum absolute atomic E-state index is 0.0907. The van der Waals surface area contributed by atoms with Crippen LogP contribution in [0.4, 0.5) is 20.3 Å². The number of aliphatic imine (C=N–C) groups is 1. The molecule has 3 heterocycles. The molecule has 0 saturated carbocycles. The molecule has 1 unspecified atom stereocenters. The van der Waals surface area contributed by atoms with Gasteiger partial charge >= 0.3 is 6.61 Å². The first-order chi connectivity index (χ1) is 16.5. The van der Waals surface area contributed by atoms with E-state index < -0.39 is 18.0 Å². The molecule has 0 aliphatic carbocycles. The molecule has 1 atom stereocenters. The standard InChI is InChI=1S/C24H29F2N7O2/c1-14-8-16-10-29-24(27,32-20(16)21(31-14)28-13-23(2,3)34-5)18-7-6-15(9-19(18)35-22(25)26)17-11-30-33(4)12-17/h6-12,22,32H,13,27H2,1-5H3,(H,28,31). The molecule has 186 valence electrons. The first kappa shape index (κ1) is 24.6. The summed E-state index contributed by atoms with van der Waals surface area (Å²) in [6.45, 7) is 3.20. The molecule has 0 fully saturated rings. The third kappa shape index (κ3) is 5.25. The smallest absolute Gasteiger partial charge is 0.387 e. The van der Waals surface area contributed by atoms with Crippen LogP contribution in [0.25, 0.3) is 11.1 Å². The van der Waals surface area contributed by atoms with Gasteiger partial charge in [-0.05, 0) is 44.5 Å². The van der Waals surface area contributed by atoms with Gasteiger partial charge in [-0.2, -0.15) is 13.9 Å². The molecular formula is C24H29F2N7O2. The Bertz CT molecular complexity index is 1260. The van der Waals surface area contributed by atoms with Crippen LogP contribution in [-0.4, -0.2) is 46.8 Å². The number of methoxy groups -OCH3 is 1. The van der Waals surface area contributed by atoms with E-state index in [9.17, 15) is 8.78 Å². The van der Waals surface area contributed by atoms with Crippen LogP contribution in [0.15, 0.2) is 41.7 Å². The molecule has 0 radical (unpaired) electrons. The first-order valence-corrected chi connectivity index (χ1v) is 11.0. The fourth-order valence-electron chi connectivity index (χ4n) is 3.74. The van der Waals surface area contributed by atoms with Crippen molar-refractivity contribution in [2.45, 2.75) is 38.8 Å². The second-order valence-corrected chi connectivity index (χ2v) is 9.04. The molecular weight excluding hydrogens is 456 g/mol. The molecule has 0 saturated heterocycles. The summed E-state index contributed by atoms with van der Waals surface area (Å²) in [5, 5.41) is 10.6. The summed E-state index contributed by atoms with van der Waals surface area (Å²) in [7, 11) is 3.41. The van der Waals surface area contributed by atoms with Crippen LogP contribution < -0.4 is 21.1 Å². The van der Waals surface area contributed by atoms with Crippen molar-refractivity contribution < 1.29 is 18.3 Å². The molecule has 0 amide bonds. The van der Waals surface area contributed by atoms with Gasteiger partial charge in [0.15, 0.2) is 5.82 Å². The van der Waals surface area contributed by atoms with Gasteiger partial charge in [-0.15, -0.1) is 0 Å². The van der Waals surface area contributed by atoms with E-state index in [0.29, 0.717) is 23.6 Å². The molecule has 3 aromatic rings. The minimum Gasteiger partial charge on any atom is -0.434 e. The number of benzene rings is 1. The largest absolute Gasteiger partial charge is 0.434 e. The van der Waals surface area contributed by atoms with Gasteiger partial charge in [-0.3, -0.25) is 10.4 Å². The molecule has 4 N–H and O–H groups in total. The second-order valence-electron chi connectivity index (χ2n) is 9.04. The van der Waals surface area contributed by atoms with Gasteiger partial charge < -0.3 is 20.1 Å². The van der Waals surface area contributed by atoms with Gasteiger partial charge in [0, 0.05) is 49.9 Å². The number of nitrogens with two attached hydrogens (primary N) is 1. The van der Waals surface area contributed by atoms with E-state index in [2.05, 4.69) is 25.7 Å². The highest BCUT2D eigenvalue weighted by Gasteiger charge is 2.35. The van der Waals surface area contributed by atoms with Crippen LogP contribution in [0.2, 0.25) is 0 Å². The maximum atomic E-state index is 13.4. The fourth-order valence-corrected chi connectivity index (χ4v) is 3.74. The average Bonchev–Trinajstić information content (AvgIpc) is 3.24. The highest BCUT2D eigenvalue weighted by Crippen LogP contribution is 2.39. The summed E-state index contributed by atoms with van der Waals surface area (Å²) in [5.41, 5.74) is 10.00. The first-order valence-electron chi connectivity index (χ1n) is 11.0. The van der Waals surface area contributed by atoms with Crippen LogP contribution in [0, 0.1) is 6.92 Å². The molecule has 1 aromatic carbocycles. The Morgan fingerprint density at radius 3 is 2.69 bits per heavy atom. The van der Waals surface area contributed by atoms with Crippen LogP contribution in [-0.2, 0) is 17.6 Å². The fraction of sp³-hybridized carbons (Fsp3) is 0.375. The van der Waals surface area contributed by atoms with Crippen LogP contribution in [0.3, 0.4) is 0 Å². The van der Waals surface area contributed by atoms with Crippen molar-refractivity contribution in [1.82, 2.24) is 14.8 Å². The number of ether oxygens (including phenoxy) is 2.